The molecule has 1 aliphatic carbocycles. The smallest absolute Gasteiger partial charge is 0.243 e. The lowest BCUT2D eigenvalue weighted by Gasteiger charge is -2.23. The summed E-state index contributed by atoms with van der Waals surface area (Å²) in [4.78, 5) is 25.0. The third-order valence-corrected chi connectivity index (χ3v) is 4.00. The van der Waals surface area contributed by atoms with Crippen LogP contribution >= 0.6 is 0 Å². The molecule has 4 nitrogen and oxygen atoms in total. The Morgan fingerprint density at radius 1 is 1.18 bits per heavy atom. The van der Waals surface area contributed by atoms with Crippen molar-refractivity contribution < 1.29 is 9.59 Å². The van der Waals surface area contributed by atoms with Crippen LogP contribution in [0.25, 0.3) is 0 Å². The summed E-state index contributed by atoms with van der Waals surface area (Å²) in [6.45, 7) is 0. The van der Waals surface area contributed by atoms with E-state index in [0.29, 0.717) is 18.9 Å². The molecule has 0 radical (unpaired) electrons. The van der Waals surface area contributed by atoms with Crippen LogP contribution in [0.2, 0.25) is 0 Å². The van der Waals surface area contributed by atoms with E-state index in [9.17, 15) is 9.59 Å². The van der Waals surface area contributed by atoms with Gasteiger partial charge in [0.05, 0.1) is 0 Å². The second kappa shape index (κ2) is 5.52. The Hall–Kier alpha value is -1.06. The fourth-order valence-electron chi connectivity index (χ4n) is 2.83. The summed E-state index contributed by atoms with van der Waals surface area (Å²) < 4.78 is 0. The highest BCUT2D eigenvalue weighted by molar-refractivity contribution is 5.90. The molecule has 96 valence electrons. The first-order valence-electron chi connectivity index (χ1n) is 6.74. The molecule has 0 bridgehead atoms. The summed E-state index contributed by atoms with van der Waals surface area (Å²) in [7, 11) is 1.73. The van der Waals surface area contributed by atoms with Gasteiger partial charge in [-0.2, -0.15) is 0 Å². The van der Waals surface area contributed by atoms with Gasteiger partial charge in [-0.3, -0.25) is 9.59 Å². The Morgan fingerprint density at radius 2 is 1.82 bits per heavy atom. The maximum Gasteiger partial charge on any atom is 0.243 e. The minimum Gasteiger partial charge on any atom is -0.352 e. The molecule has 1 unspecified atom stereocenters. The number of carbonyl (C=O) groups is 2. The van der Waals surface area contributed by atoms with Gasteiger partial charge in [-0.15, -0.1) is 0 Å². The van der Waals surface area contributed by atoms with Gasteiger partial charge in [0, 0.05) is 19.5 Å². The molecule has 2 fully saturated rings. The average Bonchev–Trinajstić information content (AvgIpc) is 2.55. The molecular formula is C13H22N2O2. The summed E-state index contributed by atoms with van der Waals surface area (Å²) in [6, 6.07) is 0.0971. The Bertz CT molecular complexity index is 296. The molecule has 1 saturated carbocycles. The standard InChI is InChI=1S/C13H22N2O2/c1-15-11(8-9-12(15)16)13(17)14-10-6-4-2-3-5-7-10/h10-11H,2-9H2,1H3,(H,14,17). The summed E-state index contributed by atoms with van der Waals surface area (Å²) in [6.07, 6.45) is 8.37. The molecule has 2 rings (SSSR count). The minimum absolute atomic E-state index is 0.0465. The molecule has 1 heterocycles. The first-order valence-corrected chi connectivity index (χ1v) is 6.74. The topological polar surface area (TPSA) is 49.4 Å². The summed E-state index contributed by atoms with van der Waals surface area (Å²) in [5.74, 6) is 0.135. The van der Waals surface area contributed by atoms with E-state index < -0.39 is 0 Å². The van der Waals surface area contributed by atoms with Gasteiger partial charge in [0.25, 0.3) is 0 Å². The van der Waals surface area contributed by atoms with Crippen molar-refractivity contribution >= 4 is 11.8 Å². The number of hydrogen-bond acceptors (Lipinski definition) is 2. The first-order chi connectivity index (χ1) is 8.18. The van der Waals surface area contributed by atoms with Crippen LogP contribution in [0.4, 0.5) is 0 Å². The molecule has 1 saturated heterocycles. The molecule has 0 spiro atoms. The maximum atomic E-state index is 12.1. The summed E-state index contributed by atoms with van der Waals surface area (Å²) in [5.41, 5.74) is 0. The van der Waals surface area contributed by atoms with Gasteiger partial charge in [-0.05, 0) is 19.3 Å². The number of amides is 2. The third-order valence-electron chi connectivity index (χ3n) is 4.00. The van der Waals surface area contributed by atoms with Crippen molar-refractivity contribution in [2.24, 2.45) is 0 Å². The summed E-state index contributed by atoms with van der Waals surface area (Å²) in [5, 5.41) is 3.12. The van der Waals surface area contributed by atoms with Crippen molar-refractivity contribution in [3.63, 3.8) is 0 Å². The maximum absolute atomic E-state index is 12.1. The molecular weight excluding hydrogens is 216 g/mol. The second-order valence-electron chi connectivity index (χ2n) is 5.26. The Labute approximate surface area is 103 Å². The van der Waals surface area contributed by atoms with Crippen LogP contribution in [-0.4, -0.2) is 35.8 Å². The Kier molecular flexibility index (Phi) is 4.02. The molecule has 2 amide bonds. The van der Waals surface area contributed by atoms with E-state index in [1.54, 1.807) is 11.9 Å². The average molecular weight is 238 g/mol. The van der Waals surface area contributed by atoms with Gasteiger partial charge in [0.2, 0.25) is 11.8 Å². The van der Waals surface area contributed by atoms with E-state index in [2.05, 4.69) is 5.32 Å². The lowest BCUT2D eigenvalue weighted by Crippen LogP contribution is -2.46. The number of nitrogens with one attached hydrogen (secondary N) is 1. The molecule has 0 aromatic heterocycles. The van der Waals surface area contributed by atoms with Crippen molar-refractivity contribution in [3.05, 3.63) is 0 Å². The van der Waals surface area contributed by atoms with Gasteiger partial charge in [-0.25, -0.2) is 0 Å². The van der Waals surface area contributed by atoms with Gasteiger partial charge in [0.1, 0.15) is 6.04 Å². The molecule has 2 aliphatic rings. The van der Waals surface area contributed by atoms with E-state index in [1.165, 1.54) is 25.7 Å². The van der Waals surface area contributed by atoms with Crippen molar-refractivity contribution in [1.82, 2.24) is 10.2 Å². The highest BCUT2D eigenvalue weighted by Crippen LogP contribution is 2.20. The van der Waals surface area contributed by atoms with E-state index in [4.69, 9.17) is 0 Å². The number of nitrogens with zero attached hydrogens (tertiary/aromatic N) is 1. The predicted molar refractivity (Wildman–Crippen MR) is 65.4 cm³/mol. The zero-order valence-corrected chi connectivity index (χ0v) is 10.6. The molecule has 1 atom stereocenters. The van der Waals surface area contributed by atoms with E-state index in [1.807, 2.05) is 0 Å². The molecule has 1 aliphatic heterocycles. The number of carbonyl (C=O) groups excluding carboxylic acids is 2. The molecule has 4 heteroatoms. The molecule has 0 aromatic rings. The zero-order valence-electron chi connectivity index (χ0n) is 10.6. The number of hydrogen-bond donors (Lipinski definition) is 1. The van der Waals surface area contributed by atoms with Crippen LogP contribution in [-0.2, 0) is 9.59 Å². The number of likely N-dealkylation sites (N-methyl/N-ethyl adjacent to an activating group) is 1. The van der Waals surface area contributed by atoms with Crippen LogP contribution in [0.1, 0.15) is 51.4 Å². The normalized spacial score (nSPS) is 27.0. The quantitative estimate of drug-likeness (QED) is 0.740. The number of rotatable bonds is 2. The number of likely N-dealkylation sites (tertiary alicyclic amines) is 1. The molecule has 17 heavy (non-hydrogen) atoms. The highest BCUT2D eigenvalue weighted by atomic mass is 16.2. The van der Waals surface area contributed by atoms with E-state index in [-0.39, 0.29) is 17.9 Å². The monoisotopic (exact) mass is 238 g/mol. The van der Waals surface area contributed by atoms with E-state index in [0.717, 1.165) is 12.8 Å². The predicted octanol–water partition coefficient (Wildman–Crippen LogP) is 1.45. The van der Waals surface area contributed by atoms with Crippen molar-refractivity contribution in [3.8, 4) is 0 Å². The van der Waals surface area contributed by atoms with Crippen LogP contribution in [0.5, 0.6) is 0 Å². The largest absolute Gasteiger partial charge is 0.352 e. The summed E-state index contributed by atoms with van der Waals surface area (Å²) >= 11 is 0. The van der Waals surface area contributed by atoms with Crippen molar-refractivity contribution in [1.29, 1.82) is 0 Å². The van der Waals surface area contributed by atoms with Gasteiger partial charge < -0.3 is 10.2 Å². The van der Waals surface area contributed by atoms with Crippen LogP contribution in [0.15, 0.2) is 0 Å². The van der Waals surface area contributed by atoms with Crippen LogP contribution in [0.3, 0.4) is 0 Å². The highest BCUT2D eigenvalue weighted by Gasteiger charge is 2.33. The molecule has 0 aromatic carbocycles. The Morgan fingerprint density at radius 3 is 2.35 bits per heavy atom. The zero-order chi connectivity index (χ0) is 12.3. The Balaban J connectivity index is 1.85. The van der Waals surface area contributed by atoms with Gasteiger partial charge in [0.15, 0.2) is 0 Å². The second-order valence-corrected chi connectivity index (χ2v) is 5.26. The van der Waals surface area contributed by atoms with Gasteiger partial charge >= 0.3 is 0 Å². The van der Waals surface area contributed by atoms with Crippen molar-refractivity contribution in [2.45, 2.75) is 63.5 Å². The minimum atomic E-state index is -0.231. The van der Waals surface area contributed by atoms with Crippen LogP contribution < -0.4 is 5.32 Å². The third kappa shape index (κ3) is 2.99. The lowest BCUT2D eigenvalue weighted by molar-refractivity contribution is -0.134. The van der Waals surface area contributed by atoms with Gasteiger partial charge in [-0.1, -0.05) is 25.7 Å². The fourth-order valence-corrected chi connectivity index (χ4v) is 2.83. The fraction of sp³-hybridized carbons (Fsp3) is 0.846. The first kappa shape index (κ1) is 12.4. The van der Waals surface area contributed by atoms with E-state index >= 15 is 0 Å². The van der Waals surface area contributed by atoms with Crippen LogP contribution in [0, 0.1) is 0 Å². The lowest BCUT2D eigenvalue weighted by atomic mass is 10.1. The van der Waals surface area contributed by atoms with Crippen molar-refractivity contribution in [2.75, 3.05) is 7.05 Å². The molecule has 1 N–H and O–H groups in total. The SMILES string of the molecule is CN1C(=O)CCC1C(=O)NC1CCCCCC1.